The van der Waals surface area contributed by atoms with E-state index in [1.807, 2.05) is 17.7 Å². The van der Waals surface area contributed by atoms with Crippen molar-refractivity contribution < 1.29 is 13.3 Å². The molecule has 0 saturated carbocycles. The third kappa shape index (κ3) is 3.80. The number of rotatable bonds is 5. The molecule has 2 aromatic rings. The third-order valence-electron chi connectivity index (χ3n) is 5.52. The summed E-state index contributed by atoms with van der Waals surface area (Å²) in [6.07, 6.45) is 0.673. The molecule has 1 fully saturated rings. The molecule has 2 heterocycles. The number of hydrogen-bond acceptors (Lipinski definition) is 3. The lowest BCUT2D eigenvalue weighted by atomic mass is 10.1. The first-order valence-corrected chi connectivity index (χ1v) is 10.7. The molecule has 1 aromatic carbocycles. The van der Waals surface area contributed by atoms with Crippen LogP contribution in [0.3, 0.4) is 0 Å². The molecule has 5 nitrogen and oxygen atoms in total. The van der Waals surface area contributed by atoms with Crippen molar-refractivity contribution in [1.82, 2.24) is 9.78 Å². The predicted octanol–water partition coefficient (Wildman–Crippen LogP) is 1.64. The van der Waals surface area contributed by atoms with Gasteiger partial charge in [-0.15, -0.1) is 0 Å². The van der Waals surface area contributed by atoms with E-state index < -0.39 is 9.84 Å². The Morgan fingerprint density at radius 1 is 1.28 bits per heavy atom. The molecule has 3 atom stereocenters. The zero-order valence-corrected chi connectivity index (χ0v) is 16.3. The third-order valence-corrected chi connectivity index (χ3v) is 7.27. The largest absolute Gasteiger partial charge is 0.328 e. The molecule has 1 aromatic heterocycles. The van der Waals surface area contributed by atoms with Gasteiger partial charge in [0.1, 0.15) is 12.6 Å². The van der Waals surface area contributed by atoms with Crippen LogP contribution in [-0.2, 0) is 16.4 Å². The Morgan fingerprint density at radius 2 is 1.96 bits per heavy atom. The first-order valence-electron chi connectivity index (χ1n) is 8.91. The second-order valence-corrected chi connectivity index (χ2v) is 9.54. The molecule has 6 heteroatoms. The molecule has 0 amide bonds. The molecule has 1 saturated heterocycles. The highest BCUT2D eigenvalue weighted by Gasteiger charge is 2.32. The zero-order chi connectivity index (χ0) is 18.2. The van der Waals surface area contributed by atoms with Gasteiger partial charge in [-0.05, 0) is 27.2 Å². The van der Waals surface area contributed by atoms with Crippen molar-refractivity contribution in [3.63, 3.8) is 0 Å². The molecule has 25 heavy (non-hydrogen) atoms. The van der Waals surface area contributed by atoms with Crippen molar-refractivity contribution in [2.75, 3.05) is 18.6 Å². The molecule has 0 bridgehead atoms. The predicted molar refractivity (Wildman–Crippen MR) is 99.5 cm³/mol. The number of aryl methyl sites for hydroxylation is 1. The van der Waals surface area contributed by atoms with Crippen LogP contribution in [0.1, 0.15) is 47.9 Å². The summed E-state index contributed by atoms with van der Waals surface area (Å²) in [5, 5.41) is 4.68. The highest BCUT2D eigenvalue weighted by atomic mass is 32.2. The van der Waals surface area contributed by atoms with E-state index in [4.69, 9.17) is 0 Å². The van der Waals surface area contributed by atoms with Crippen molar-refractivity contribution in [3.8, 4) is 0 Å². The smallest absolute Gasteiger partial charge is 0.152 e. The van der Waals surface area contributed by atoms with E-state index in [0.717, 1.165) is 17.9 Å². The number of aromatic nitrogens is 2. The topological polar surface area (TPSA) is 56.4 Å². The average Bonchev–Trinajstić information content (AvgIpc) is 3.08. The zero-order valence-electron chi connectivity index (χ0n) is 15.5. The molecule has 136 valence electrons. The number of quaternary nitrogens is 1. The number of benzene rings is 1. The lowest BCUT2D eigenvalue weighted by Crippen LogP contribution is -3.07. The molecular weight excluding hydrogens is 334 g/mol. The van der Waals surface area contributed by atoms with Crippen molar-refractivity contribution in [2.45, 2.75) is 45.8 Å². The maximum absolute atomic E-state index is 11.8. The van der Waals surface area contributed by atoms with E-state index in [1.54, 1.807) is 0 Å². The minimum atomic E-state index is -2.90. The summed E-state index contributed by atoms with van der Waals surface area (Å²) >= 11 is 0. The summed E-state index contributed by atoms with van der Waals surface area (Å²) in [5.41, 5.74) is 4.69. The number of sulfone groups is 1. The number of nitrogens with one attached hydrogen (secondary N) is 1. The molecule has 3 rings (SSSR count). The van der Waals surface area contributed by atoms with Gasteiger partial charge in [0, 0.05) is 11.3 Å². The summed E-state index contributed by atoms with van der Waals surface area (Å²) < 4.78 is 25.5. The van der Waals surface area contributed by atoms with Gasteiger partial charge in [0.25, 0.3) is 0 Å². The minimum Gasteiger partial charge on any atom is -0.328 e. The maximum atomic E-state index is 11.8. The van der Waals surface area contributed by atoms with Crippen LogP contribution in [0.15, 0.2) is 30.3 Å². The second kappa shape index (κ2) is 6.92. The van der Waals surface area contributed by atoms with Gasteiger partial charge < -0.3 is 4.90 Å². The Labute approximate surface area is 150 Å². The van der Waals surface area contributed by atoms with Gasteiger partial charge in [0.05, 0.1) is 35.9 Å². The second-order valence-electron chi connectivity index (χ2n) is 7.31. The first-order chi connectivity index (χ1) is 11.8. The average molecular weight is 363 g/mol. The van der Waals surface area contributed by atoms with Crippen LogP contribution in [0.2, 0.25) is 0 Å². The Hall–Kier alpha value is -1.66. The molecule has 0 spiro atoms. The van der Waals surface area contributed by atoms with Crippen molar-refractivity contribution in [1.29, 1.82) is 0 Å². The van der Waals surface area contributed by atoms with E-state index >= 15 is 0 Å². The lowest BCUT2D eigenvalue weighted by molar-refractivity contribution is -0.924. The fourth-order valence-electron chi connectivity index (χ4n) is 3.73. The summed E-state index contributed by atoms with van der Waals surface area (Å²) in [6.45, 7) is 7.22. The number of nitrogens with zero attached hydrogens (tertiary/aromatic N) is 2. The number of hydrogen-bond donors (Lipinski definition) is 1. The van der Waals surface area contributed by atoms with E-state index in [1.165, 1.54) is 16.0 Å². The summed E-state index contributed by atoms with van der Waals surface area (Å²) in [6, 6.07) is 10.9. The first kappa shape index (κ1) is 18.1. The molecular formula is C19H28N3O2S+. The van der Waals surface area contributed by atoms with Crippen molar-refractivity contribution >= 4 is 9.84 Å². The van der Waals surface area contributed by atoms with Gasteiger partial charge in [-0.3, -0.25) is 4.68 Å². The van der Waals surface area contributed by atoms with Crippen LogP contribution in [0, 0.1) is 13.8 Å². The quantitative estimate of drug-likeness (QED) is 0.880. The maximum Gasteiger partial charge on any atom is 0.152 e. The van der Waals surface area contributed by atoms with Crippen LogP contribution in [-0.4, -0.2) is 36.8 Å². The van der Waals surface area contributed by atoms with Gasteiger partial charge in [-0.2, -0.15) is 5.10 Å². The summed E-state index contributed by atoms with van der Waals surface area (Å²) in [7, 11) is -0.700. The molecule has 1 aliphatic rings. The normalized spacial score (nSPS) is 22.0. The van der Waals surface area contributed by atoms with Gasteiger partial charge in [0.2, 0.25) is 0 Å². The van der Waals surface area contributed by atoms with E-state index in [0.29, 0.717) is 12.5 Å². The van der Waals surface area contributed by atoms with Crippen molar-refractivity contribution in [2.24, 2.45) is 0 Å². The SMILES string of the molecule is Cc1nn([C@@H]2CCS(=O)(=O)C2)c(C)c1C[NH+](C)[C@@H](C)c1ccccc1. The molecule has 1 unspecified atom stereocenters. The van der Waals surface area contributed by atoms with Crippen LogP contribution < -0.4 is 4.90 Å². The van der Waals surface area contributed by atoms with Crippen LogP contribution >= 0.6 is 0 Å². The Kier molecular flexibility index (Phi) is 5.02. The highest BCUT2D eigenvalue weighted by Crippen LogP contribution is 2.26. The van der Waals surface area contributed by atoms with Gasteiger partial charge in [0.15, 0.2) is 9.84 Å². The van der Waals surface area contributed by atoms with Gasteiger partial charge in [-0.1, -0.05) is 30.3 Å². The Bertz CT molecular complexity index is 843. The fraction of sp³-hybridized carbons (Fsp3) is 0.526. The Morgan fingerprint density at radius 3 is 2.56 bits per heavy atom. The molecule has 0 aliphatic carbocycles. The van der Waals surface area contributed by atoms with E-state index in [2.05, 4.69) is 50.3 Å². The van der Waals surface area contributed by atoms with E-state index in [9.17, 15) is 8.42 Å². The fourth-order valence-corrected chi connectivity index (χ4v) is 5.43. The minimum absolute atomic E-state index is 0.00990. The molecule has 0 radical (unpaired) electrons. The van der Waals surface area contributed by atoms with Crippen LogP contribution in [0.4, 0.5) is 0 Å². The van der Waals surface area contributed by atoms with Gasteiger partial charge >= 0.3 is 0 Å². The standard InChI is InChI=1S/C19H27N3O2S/c1-14-19(12-21(4)15(2)17-8-6-5-7-9-17)16(3)22(20-14)18-10-11-25(23,24)13-18/h5-9,15,18H,10-13H2,1-4H3/p+1/t15-,18+/m0/s1. The van der Waals surface area contributed by atoms with Crippen molar-refractivity contribution in [3.05, 3.63) is 52.8 Å². The summed E-state index contributed by atoms with van der Waals surface area (Å²) in [4.78, 5) is 1.40. The van der Waals surface area contributed by atoms with E-state index in [-0.39, 0.29) is 17.5 Å². The lowest BCUT2D eigenvalue weighted by Gasteiger charge is -2.22. The molecule has 1 aliphatic heterocycles. The molecule has 1 N–H and O–H groups in total. The summed E-state index contributed by atoms with van der Waals surface area (Å²) in [5.74, 6) is 0.499. The highest BCUT2D eigenvalue weighted by molar-refractivity contribution is 7.91. The monoisotopic (exact) mass is 362 g/mol. The van der Waals surface area contributed by atoms with Gasteiger partial charge in [-0.25, -0.2) is 8.42 Å². The van der Waals surface area contributed by atoms with Crippen LogP contribution in [0.5, 0.6) is 0 Å². The Balaban J connectivity index is 1.79. The van der Waals surface area contributed by atoms with Crippen LogP contribution in [0.25, 0.3) is 0 Å².